The monoisotopic (exact) mass is 226 g/mol. The van der Waals surface area contributed by atoms with Crippen molar-refractivity contribution in [2.24, 2.45) is 0 Å². The fraction of sp³-hybridized carbons (Fsp3) is 0.417. The van der Waals surface area contributed by atoms with Gasteiger partial charge in [0.25, 0.3) is 0 Å². The van der Waals surface area contributed by atoms with Crippen molar-refractivity contribution in [3.05, 3.63) is 35.1 Å². The van der Waals surface area contributed by atoms with Crippen molar-refractivity contribution in [2.45, 2.75) is 25.9 Å². The molecule has 88 valence electrons. The molecule has 0 saturated heterocycles. The van der Waals surface area contributed by atoms with Crippen LogP contribution in [0.5, 0.6) is 0 Å². The molecule has 1 aromatic rings. The third-order valence-electron chi connectivity index (χ3n) is 2.46. The van der Waals surface area contributed by atoms with Gasteiger partial charge in [-0.25, -0.2) is 4.39 Å². The van der Waals surface area contributed by atoms with Gasteiger partial charge in [-0.15, -0.1) is 0 Å². The lowest BCUT2D eigenvalue weighted by Crippen LogP contribution is -2.05. The Morgan fingerprint density at radius 3 is 2.75 bits per heavy atom. The summed E-state index contributed by atoms with van der Waals surface area (Å²) >= 11 is 0. The molecule has 0 spiro atoms. The van der Waals surface area contributed by atoms with Crippen molar-refractivity contribution in [3.63, 3.8) is 0 Å². The van der Waals surface area contributed by atoms with E-state index < -0.39 is 5.97 Å². The highest BCUT2D eigenvalue weighted by Gasteiger charge is 2.13. The summed E-state index contributed by atoms with van der Waals surface area (Å²) in [6, 6.07) is 4.68. The molecule has 3 nitrogen and oxygen atoms in total. The van der Waals surface area contributed by atoms with Gasteiger partial charge in [0.2, 0.25) is 0 Å². The van der Waals surface area contributed by atoms with E-state index in [1.54, 1.807) is 19.1 Å². The second-order valence-electron chi connectivity index (χ2n) is 3.67. The van der Waals surface area contributed by atoms with Crippen LogP contribution in [-0.4, -0.2) is 18.2 Å². The number of ether oxygens (including phenoxy) is 1. The minimum Gasteiger partial charge on any atom is -0.481 e. The molecular weight excluding hydrogens is 211 g/mol. The Morgan fingerprint density at radius 1 is 1.56 bits per heavy atom. The molecular formula is C12H15FO3. The third-order valence-corrected chi connectivity index (χ3v) is 2.46. The normalized spacial score (nSPS) is 12.4. The summed E-state index contributed by atoms with van der Waals surface area (Å²) in [6.07, 6.45) is 0.127. The second-order valence-corrected chi connectivity index (χ2v) is 3.67. The Hall–Kier alpha value is -1.42. The van der Waals surface area contributed by atoms with E-state index >= 15 is 0 Å². The maximum absolute atomic E-state index is 13.0. The van der Waals surface area contributed by atoms with Gasteiger partial charge in [-0.2, -0.15) is 0 Å². The van der Waals surface area contributed by atoms with Crippen LogP contribution in [0.25, 0.3) is 0 Å². The summed E-state index contributed by atoms with van der Waals surface area (Å²) < 4.78 is 18.2. The van der Waals surface area contributed by atoms with Gasteiger partial charge in [-0.3, -0.25) is 4.79 Å². The first kappa shape index (κ1) is 12.6. The molecule has 1 atom stereocenters. The van der Waals surface area contributed by atoms with Crippen molar-refractivity contribution >= 4 is 5.97 Å². The van der Waals surface area contributed by atoms with Crippen LogP contribution in [0.2, 0.25) is 0 Å². The van der Waals surface area contributed by atoms with E-state index in [1.165, 1.54) is 13.2 Å². The number of hydrogen-bond acceptors (Lipinski definition) is 2. The zero-order valence-corrected chi connectivity index (χ0v) is 9.37. The highest BCUT2D eigenvalue weighted by Crippen LogP contribution is 2.23. The van der Waals surface area contributed by atoms with Crippen LogP contribution in [0.15, 0.2) is 18.2 Å². The van der Waals surface area contributed by atoms with Crippen molar-refractivity contribution in [2.75, 3.05) is 7.11 Å². The maximum Gasteiger partial charge on any atom is 0.303 e. The highest BCUT2D eigenvalue weighted by molar-refractivity contribution is 5.66. The van der Waals surface area contributed by atoms with Crippen molar-refractivity contribution in [3.8, 4) is 0 Å². The van der Waals surface area contributed by atoms with Gasteiger partial charge >= 0.3 is 5.97 Å². The number of carbonyl (C=O) groups is 1. The van der Waals surface area contributed by atoms with E-state index in [0.29, 0.717) is 12.0 Å². The summed E-state index contributed by atoms with van der Waals surface area (Å²) in [5.74, 6) is -1.13. The van der Waals surface area contributed by atoms with Gasteiger partial charge in [0, 0.05) is 13.5 Å². The fourth-order valence-corrected chi connectivity index (χ4v) is 1.54. The number of halogens is 1. The van der Waals surface area contributed by atoms with E-state index in [0.717, 1.165) is 5.56 Å². The molecule has 1 aromatic carbocycles. The Morgan fingerprint density at radius 2 is 2.25 bits per heavy atom. The van der Waals surface area contributed by atoms with Crippen LogP contribution in [0.1, 0.15) is 30.1 Å². The molecule has 0 amide bonds. The Balaban J connectivity index is 2.78. The van der Waals surface area contributed by atoms with E-state index in [9.17, 15) is 9.18 Å². The average Bonchev–Trinajstić information content (AvgIpc) is 2.23. The zero-order valence-electron chi connectivity index (χ0n) is 9.37. The van der Waals surface area contributed by atoms with Gasteiger partial charge in [0.15, 0.2) is 0 Å². The molecule has 0 fully saturated rings. The minimum atomic E-state index is -0.860. The largest absolute Gasteiger partial charge is 0.481 e. The first-order valence-corrected chi connectivity index (χ1v) is 5.05. The topological polar surface area (TPSA) is 46.5 Å². The highest BCUT2D eigenvalue weighted by atomic mass is 19.1. The van der Waals surface area contributed by atoms with Crippen LogP contribution in [0.3, 0.4) is 0 Å². The molecule has 0 aromatic heterocycles. The number of aliphatic carboxylic acids is 1. The molecule has 0 radical (unpaired) electrons. The summed E-state index contributed by atoms with van der Waals surface area (Å²) in [5.41, 5.74) is 1.34. The molecule has 0 aliphatic heterocycles. The molecule has 0 aliphatic rings. The van der Waals surface area contributed by atoms with Gasteiger partial charge in [-0.05, 0) is 30.5 Å². The number of carboxylic acid groups (broad SMARTS) is 1. The Labute approximate surface area is 93.9 Å². The van der Waals surface area contributed by atoms with Crippen LogP contribution in [0.4, 0.5) is 4.39 Å². The van der Waals surface area contributed by atoms with Crippen LogP contribution < -0.4 is 0 Å². The molecule has 0 heterocycles. The van der Waals surface area contributed by atoms with Gasteiger partial charge in [-0.1, -0.05) is 12.1 Å². The summed E-state index contributed by atoms with van der Waals surface area (Å²) in [4.78, 5) is 10.5. The molecule has 1 N–H and O–H groups in total. The lowest BCUT2D eigenvalue weighted by atomic mass is 10.0. The van der Waals surface area contributed by atoms with Crippen molar-refractivity contribution < 1.29 is 19.0 Å². The third kappa shape index (κ3) is 3.31. The second kappa shape index (κ2) is 5.61. The summed E-state index contributed by atoms with van der Waals surface area (Å²) in [7, 11) is 1.52. The van der Waals surface area contributed by atoms with Crippen molar-refractivity contribution in [1.29, 1.82) is 0 Å². The number of benzene rings is 1. The quantitative estimate of drug-likeness (QED) is 0.839. The van der Waals surface area contributed by atoms with Crippen LogP contribution >= 0.6 is 0 Å². The van der Waals surface area contributed by atoms with Crippen LogP contribution in [0, 0.1) is 12.7 Å². The molecule has 0 saturated carbocycles. The average molecular weight is 226 g/mol. The lowest BCUT2D eigenvalue weighted by Gasteiger charge is -2.15. The molecule has 16 heavy (non-hydrogen) atoms. The standard InChI is InChI=1S/C12H15FO3/c1-8-7-9(3-4-10(8)13)11(16-2)5-6-12(14)15/h3-4,7,11H,5-6H2,1-2H3,(H,14,15)/t11-/m1/s1. The minimum absolute atomic E-state index is 0.0366. The van der Waals surface area contributed by atoms with Gasteiger partial charge < -0.3 is 9.84 Å². The Bertz CT molecular complexity index is 377. The number of hydrogen-bond donors (Lipinski definition) is 1. The first-order chi connectivity index (χ1) is 7.54. The van der Waals surface area contributed by atoms with E-state index in [2.05, 4.69) is 0 Å². The maximum atomic E-state index is 13.0. The molecule has 0 aliphatic carbocycles. The molecule has 4 heteroatoms. The number of methoxy groups -OCH3 is 1. The Kier molecular flexibility index (Phi) is 4.43. The van der Waals surface area contributed by atoms with E-state index in [1.807, 2.05) is 0 Å². The molecule has 0 unspecified atom stereocenters. The predicted molar refractivity (Wildman–Crippen MR) is 57.8 cm³/mol. The summed E-state index contributed by atoms with van der Waals surface area (Å²) in [5, 5.41) is 8.59. The van der Waals surface area contributed by atoms with E-state index in [4.69, 9.17) is 9.84 Å². The fourth-order valence-electron chi connectivity index (χ4n) is 1.54. The van der Waals surface area contributed by atoms with Gasteiger partial charge in [0.05, 0.1) is 6.10 Å². The van der Waals surface area contributed by atoms with Crippen LogP contribution in [-0.2, 0) is 9.53 Å². The summed E-state index contributed by atoms with van der Waals surface area (Å²) in [6.45, 7) is 1.67. The number of carboxylic acids is 1. The lowest BCUT2D eigenvalue weighted by molar-refractivity contribution is -0.137. The molecule has 1 rings (SSSR count). The van der Waals surface area contributed by atoms with E-state index in [-0.39, 0.29) is 18.3 Å². The first-order valence-electron chi connectivity index (χ1n) is 5.05. The van der Waals surface area contributed by atoms with Gasteiger partial charge in [0.1, 0.15) is 5.82 Å². The van der Waals surface area contributed by atoms with Crippen molar-refractivity contribution in [1.82, 2.24) is 0 Å². The zero-order chi connectivity index (χ0) is 12.1. The SMILES string of the molecule is CO[C@H](CCC(=O)O)c1ccc(F)c(C)c1. The molecule has 0 bridgehead atoms. The smallest absolute Gasteiger partial charge is 0.303 e. The predicted octanol–water partition coefficient (Wildman–Crippen LogP) is 2.69. The number of rotatable bonds is 5. The number of aryl methyl sites for hydroxylation is 1.